The van der Waals surface area contributed by atoms with Gasteiger partial charge >= 0.3 is 0 Å². The van der Waals surface area contributed by atoms with Crippen molar-refractivity contribution in [1.29, 1.82) is 5.26 Å². The van der Waals surface area contributed by atoms with Gasteiger partial charge in [-0.1, -0.05) is 38.1 Å². The topological polar surface area (TPSA) is 77.0 Å². The van der Waals surface area contributed by atoms with Crippen LogP contribution in [0.25, 0.3) is 5.57 Å². The molecule has 1 heterocycles. The Morgan fingerprint density at radius 1 is 1.48 bits per heavy atom. The fraction of sp³-hybridized carbons (Fsp3) is 0.421. The Hall–Kier alpha value is -1.97. The summed E-state index contributed by atoms with van der Waals surface area (Å²) in [6.07, 6.45) is 7.18. The number of nitrogens with zero attached hydrogens (tertiary/aromatic N) is 1. The van der Waals surface area contributed by atoms with Gasteiger partial charge in [0.2, 0.25) is 5.91 Å². The lowest BCUT2D eigenvalue weighted by molar-refractivity contribution is -0.121. The molecule has 1 fully saturated rings. The number of hydrogen-bond donors (Lipinski definition) is 3. The van der Waals surface area contributed by atoms with E-state index in [0.29, 0.717) is 19.4 Å². The van der Waals surface area contributed by atoms with Gasteiger partial charge in [0.1, 0.15) is 0 Å². The number of nitrogens with one attached hydrogen (secondary N) is 3. The Morgan fingerprint density at radius 2 is 2.28 bits per heavy atom. The van der Waals surface area contributed by atoms with Crippen LogP contribution < -0.4 is 16.0 Å². The molecule has 0 bridgehead atoms. The van der Waals surface area contributed by atoms with Gasteiger partial charge in [0.15, 0.2) is 6.19 Å². The molecule has 1 aromatic carbocycles. The van der Waals surface area contributed by atoms with Crippen molar-refractivity contribution in [2.75, 3.05) is 13.1 Å². The summed E-state index contributed by atoms with van der Waals surface area (Å²) < 4.78 is 0. The van der Waals surface area contributed by atoms with Crippen molar-refractivity contribution in [2.45, 2.75) is 37.4 Å². The van der Waals surface area contributed by atoms with Crippen molar-refractivity contribution < 1.29 is 7.65 Å². The zero-order valence-corrected chi connectivity index (χ0v) is 15.5. The molecule has 1 aliphatic heterocycles. The molecule has 0 spiro atoms. The maximum atomic E-state index is 11.9. The molecule has 6 heteroatoms. The van der Waals surface area contributed by atoms with Crippen molar-refractivity contribution in [1.82, 2.24) is 16.0 Å². The second-order valence-electron chi connectivity index (χ2n) is 5.54. The van der Waals surface area contributed by atoms with Gasteiger partial charge in [0.25, 0.3) is 0 Å². The predicted molar refractivity (Wildman–Crippen MR) is 107 cm³/mol. The zero-order valence-electron chi connectivity index (χ0n) is 14.7. The van der Waals surface area contributed by atoms with Gasteiger partial charge in [0, 0.05) is 28.8 Å². The van der Waals surface area contributed by atoms with Crippen molar-refractivity contribution in [3.05, 3.63) is 47.9 Å². The highest BCUT2D eigenvalue weighted by Crippen LogP contribution is 2.36. The minimum atomic E-state index is 0. The van der Waals surface area contributed by atoms with Crippen LogP contribution in [0.4, 0.5) is 0 Å². The summed E-state index contributed by atoms with van der Waals surface area (Å²) in [5.74, 6) is 0.0381. The van der Waals surface area contributed by atoms with E-state index in [0.717, 1.165) is 6.54 Å². The van der Waals surface area contributed by atoms with Gasteiger partial charge in [-0.3, -0.25) is 10.1 Å². The molecule has 1 amide bonds. The third kappa shape index (κ3) is 6.11. The smallest absolute Gasteiger partial charge is 0.220 e. The first-order valence-electron chi connectivity index (χ1n) is 8.72. The molecule has 0 saturated carbocycles. The second kappa shape index (κ2) is 10.1. The van der Waals surface area contributed by atoms with Crippen LogP contribution >= 0.6 is 11.8 Å². The maximum Gasteiger partial charge on any atom is 0.220 e. The van der Waals surface area contributed by atoms with Gasteiger partial charge in [0.05, 0.1) is 10.7 Å². The molecule has 1 saturated heterocycles. The molecule has 1 aliphatic carbocycles. The molecule has 5 nitrogen and oxygen atoms in total. The molecule has 3 rings (SSSR count). The summed E-state index contributed by atoms with van der Waals surface area (Å²) in [6.45, 7) is 5.30. The Bertz CT molecular complexity index is 663. The molecule has 2 aliphatic rings. The molecule has 137 valence electrons. The normalized spacial score (nSPS) is 20.6. The Labute approximate surface area is 157 Å². The molecule has 1 radical (unpaired) electrons. The third-order valence-corrected chi connectivity index (χ3v) is 5.08. The lowest BCUT2D eigenvalue weighted by Crippen LogP contribution is -2.34. The van der Waals surface area contributed by atoms with Gasteiger partial charge in [-0.15, -0.1) is 11.8 Å². The van der Waals surface area contributed by atoms with E-state index in [4.69, 9.17) is 5.26 Å². The molecule has 1 aromatic rings. The minimum absolute atomic E-state index is 0. The number of allylic oxidation sites excluding steroid dienone is 2. The average molecular weight is 362 g/mol. The van der Waals surface area contributed by atoms with Gasteiger partial charge in [-0.05, 0) is 29.2 Å². The van der Waals surface area contributed by atoms with E-state index >= 15 is 0 Å². The highest BCUT2D eigenvalue weighted by Gasteiger charge is 2.27. The number of rotatable bonds is 7. The van der Waals surface area contributed by atoms with Crippen molar-refractivity contribution in [3.63, 3.8) is 0 Å². The number of benzene rings is 1. The van der Waals surface area contributed by atoms with Crippen LogP contribution in [0.2, 0.25) is 0 Å². The number of amides is 1. The van der Waals surface area contributed by atoms with Crippen LogP contribution in [0.15, 0.2) is 30.3 Å². The standard InChI is InChI=1S/C17H19N4OS.C2H6.2H2/c18-11-19-8-2-5-15(22)21-16-10-20-17(23-16)14-4-1-3-13(9-14)12-6-7-12;1-2;;/h1,3-4,6-7,9,16-17,19-20H,2,5,8,10H2,(H,21,22);1-2H3;2*1H. The minimum Gasteiger partial charge on any atom is -0.343 e. The molecule has 0 aromatic heterocycles. The van der Waals surface area contributed by atoms with E-state index in [2.05, 4.69) is 52.7 Å². The molecule has 2 atom stereocenters. The van der Waals surface area contributed by atoms with E-state index in [-0.39, 0.29) is 19.5 Å². The van der Waals surface area contributed by atoms with E-state index in [1.165, 1.54) is 16.7 Å². The molecule has 25 heavy (non-hydrogen) atoms. The monoisotopic (exact) mass is 361 g/mol. The van der Waals surface area contributed by atoms with Crippen LogP contribution in [0.1, 0.15) is 46.0 Å². The molecule has 2 unspecified atom stereocenters. The van der Waals surface area contributed by atoms with Crippen LogP contribution in [0, 0.1) is 17.9 Å². The van der Waals surface area contributed by atoms with E-state index in [1.54, 1.807) is 11.8 Å². The first-order valence-corrected chi connectivity index (χ1v) is 9.66. The largest absolute Gasteiger partial charge is 0.343 e. The van der Waals surface area contributed by atoms with E-state index in [1.807, 2.05) is 20.0 Å². The summed E-state index contributed by atoms with van der Waals surface area (Å²) in [4.78, 5) is 11.9. The Balaban J connectivity index is 0.00000164. The average Bonchev–Trinajstić information content (AvgIpc) is 3.40. The first-order chi connectivity index (χ1) is 12.3. The summed E-state index contributed by atoms with van der Waals surface area (Å²) in [5, 5.41) is 17.7. The molecular formula is C19H29N4OS. The lowest BCUT2D eigenvalue weighted by Gasteiger charge is -2.13. The van der Waals surface area contributed by atoms with Gasteiger partial charge in [-0.2, -0.15) is 5.26 Å². The van der Waals surface area contributed by atoms with E-state index < -0.39 is 0 Å². The van der Waals surface area contributed by atoms with Gasteiger partial charge < -0.3 is 10.6 Å². The van der Waals surface area contributed by atoms with E-state index in [9.17, 15) is 4.79 Å². The van der Waals surface area contributed by atoms with Crippen LogP contribution in [-0.4, -0.2) is 24.4 Å². The second-order valence-corrected chi connectivity index (χ2v) is 6.85. The lowest BCUT2D eigenvalue weighted by atomic mass is 10.1. The first kappa shape index (κ1) is 19.4. The third-order valence-electron chi connectivity index (χ3n) is 3.75. The number of hydrogen-bond acceptors (Lipinski definition) is 5. The van der Waals surface area contributed by atoms with Crippen LogP contribution in [0.5, 0.6) is 0 Å². The van der Waals surface area contributed by atoms with Crippen molar-refractivity contribution in [3.8, 4) is 6.19 Å². The molecular weight excluding hydrogens is 332 g/mol. The number of carbonyl (C=O) groups excluding carboxylic acids is 1. The van der Waals surface area contributed by atoms with Crippen molar-refractivity contribution >= 4 is 23.2 Å². The van der Waals surface area contributed by atoms with Crippen LogP contribution in [0.3, 0.4) is 0 Å². The zero-order chi connectivity index (χ0) is 18.1. The Morgan fingerprint density at radius 3 is 3.00 bits per heavy atom. The number of thioether (sulfide) groups is 1. The fourth-order valence-corrected chi connectivity index (χ4v) is 3.73. The maximum absolute atomic E-state index is 11.9. The number of nitriles is 1. The van der Waals surface area contributed by atoms with Crippen molar-refractivity contribution in [2.24, 2.45) is 0 Å². The Kier molecular flexibility index (Phi) is 7.83. The summed E-state index contributed by atoms with van der Waals surface area (Å²) >= 11 is 1.74. The fourth-order valence-electron chi connectivity index (χ4n) is 2.52. The van der Waals surface area contributed by atoms with Crippen LogP contribution in [-0.2, 0) is 4.79 Å². The van der Waals surface area contributed by atoms with Gasteiger partial charge in [-0.25, -0.2) is 0 Å². The SMILES string of the molecule is CC.N#CNCCCC(=O)NC1CNC(c2cccc(C3=C[CH]3)c2)S1.[HH].[HH]. The quantitative estimate of drug-likeness (QED) is 0.394. The summed E-state index contributed by atoms with van der Waals surface area (Å²) in [7, 11) is 0. The highest BCUT2D eigenvalue weighted by molar-refractivity contribution is 8.00. The highest BCUT2D eigenvalue weighted by atomic mass is 32.2. The summed E-state index contributed by atoms with van der Waals surface area (Å²) in [5.41, 5.74) is 3.79. The number of carbonyl (C=O) groups is 1. The molecule has 3 N–H and O–H groups in total. The summed E-state index contributed by atoms with van der Waals surface area (Å²) in [6, 6.07) is 8.52. The predicted octanol–water partition coefficient (Wildman–Crippen LogP) is 3.43.